The van der Waals surface area contributed by atoms with Crippen LogP contribution >= 0.6 is 0 Å². The van der Waals surface area contributed by atoms with Gasteiger partial charge in [-0.05, 0) is 66.6 Å². The second-order valence-corrected chi connectivity index (χ2v) is 7.89. The molecule has 0 bridgehead atoms. The number of nitrogens with zero attached hydrogens (tertiary/aromatic N) is 2. The number of β-amino-alcohol motifs (C(OH)–C–C–N with tert-alkyl or cyclic N) is 1. The molecular formula is C24H22F3N3O3. The number of pyridine rings is 1. The Labute approximate surface area is 188 Å². The van der Waals surface area contributed by atoms with Gasteiger partial charge in [0.1, 0.15) is 17.2 Å². The highest BCUT2D eigenvalue weighted by atomic mass is 19.4. The lowest BCUT2D eigenvalue weighted by Crippen LogP contribution is -2.23. The lowest BCUT2D eigenvalue weighted by molar-refractivity contribution is -0.138. The predicted octanol–water partition coefficient (Wildman–Crippen LogP) is 4.23. The molecule has 1 saturated heterocycles. The average Bonchev–Trinajstić information content (AvgIpc) is 3.18. The minimum Gasteiger partial charge on any atom is -0.457 e. The van der Waals surface area contributed by atoms with Gasteiger partial charge in [0.25, 0.3) is 5.91 Å². The minimum absolute atomic E-state index is 0.0733. The number of alkyl halides is 3. The Morgan fingerprint density at radius 3 is 2.48 bits per heavy atom. The molecule has 0 spiro atoms. The highest BCUT2D eigenvalue weighted by molar-refractivity contribution is 5.91. The van der Waals surface area contributed by atoms with Gasteiger partial charge >= 0.3 is 6.18 Å². The number of aromatic nitrogens is 1. The maximum absolute atomic E-state index is 13.5. The van der Waals surface area contributed by atoms with E-state index < -0.39 is 23.8 Å². The molecule has 0 unspecified atom stereocenters. The molecule has 33 heavy (non-hydrogen) atoms. The monoisotopic (exact) mass is 457 g/mol. The highest BCUT2D eigenvalue weighted by Crippen LogP contribution is 2.36. The molecule has 4 rings (SSSR count). The van der Waals surface area contributed by atoms with Crippen LogP contribution in [0.15, 0.2) is 60.7 Å². The molecule has 1 amide bonds. The third-order valence-electron chi connectivity index (χ3n) is 5.41. The summed E-state index contributed by atoms with van der Waals surface area (Å²) >= 11 is 0. The maximum atomic E-state index is 13.5. The van der Waals surface area contributed by atoms with Crippen LogP contribution in [0.3, 0.4) is 0 Å². The van der Waals surface area contributed by atoms with Crippen LogP contribution in [0.1, 0.15) is 28.0 Å². The second kappa shape index (κ2) is 9.21. The Morgan fingerprint density at radius 2 is 1.85 bits per heavy atom. The van der Waals surface area contributed by atoms with Gasteiger partial charge in [0.2, 0.25) is 0 Å². The Morgan fingerprint density at radius 1 is 1.12 bits per heavy atom. The Balaban J connectivity index is 1.54. The minimum atomic E-state index is -4.49. The van der Waals surface area contributed by atoms with Crippen molar-refractivity contribution in [2.75, 3.05) is 13.1 Å². The number of carbonyl (C=O) groups is 1. The van der Waals surface area contributed by atoms with Gasteiger partial charge in [-0.15, -0.1) is 0 Å². The fraction of sp³-hybridized carbons (Fsp3) is 0.250. The Hall–Kier alpha value is -3.43. The summed E-state index contributed by atoms with van der Waals surface area (Å²) in [6.07, 6.45) is -4.46. The second-order valence-electron chi connectivity index (χ2n) is 7.89. The van der Waals surface area contributed by atoms with E-state index in [4.69, 9.17) is 10.5 Å². The van der Waals surface area contributed by atoms with Crippen LogP contribution in [0, 0.1) is 0 Å². The molecule has 1 aliphatic rings. The molecule has 3 aromatic rings. The first-order valence-corrected chi connectivity index (χ1v) is 10.3. The fourth-order valence-electron chi connectivity index (χ4n) is 3.80. The van der Waals surface area contributed by atoms with E-state index in [1.165, 1.54) is 18.2 Å². The first-order valence-electron chi connectivity index (χ1n) is 10.3. The zero-order valence-electron chi connectivity index (χ0n) is 17.5. The van der Waals surface area contributed by atoms with Gasteiger partial charge in [0.15, 0.2) is 0 Å². The van der Waals surface area contributed by atoms with Crippen molar-refractivity contribution in [2.24, 2.45) is 5.73 Å². The number of aliphatic hydroxyl groups excluding tert-OH is 1. The molecule has 9 heteroatoms. The molecule has 1 fully saturated rings. The van der Waals surface area contributed by atoms with Gasteiger partial charge in [0.05, 0.1) is 17.4 Å². The predicted molar refractivity (Wildman–Crippen MR) is 116 cm³/mol. The van der Waals surface area contributed by atoms with Crippen LogP contribution < -0.4 is 10.5 Å². The number of hydrogen-bond acceptors (Lipinski definition) is 5. The molecule has 1 atom stereocenters. The molecule has 0 saturated carbocycles. The van der Waals surface area contributed by atoms with Crippen molar-refractivity contribution < 1.29 is 27.8 Å². The van der Waals surface area contributed by atoms with Gasteiger partial charge in [-0.25, -0.2) is 4.98 Å². The van der Waals surface area contributed by atoms with Gasteiger partial charge < -0.3 is 15.6 Å². The van der Waals surface area contributed by atoms with E-state index in [2.05, 4.69) is 4.98 Å². The van der Waals surface area contributed by atoms with Crippen LogP contribution in [0.5, 0.6) is 11.5 Å². The van der Waals surface area contributed by atoms with E-state index in [1.807, 2.05) is 0 Å². The van der Waals surface area contributed by atoms with Crippen LogP contribution in [-0.2, 0) is 12.7 Å². The smallest absolute Gasteiger partial charge is 0.416 e. The summed E-state index contributed by atoms with van der Waals surface area (Å²) in [5, 5.41) is 9.69. The third-order valence-corrected chi connectivity index (χ3v) is 5.41. The van der Waals surface area contributed by atoms with E-state index >= 15 is 0 Å². The number of hydrogen-bond donors (Lipinski definition) is 2. The molecule has 3 N–H and O–H groups in total. The number of benzene rings is 2. The zero-order chi connectivity index (χ0) is 23.6. The molecule has 2 aromatic carbocycles. The highest BCUT2D eigenvalue weighted by Gasteiger charge is 2.34. The van der Waals surface area contributed by atoms with Crippen LogP contribution in [0.4, 0.5) is 13.2 Å². The number of carbonyl (C=O) groups excluding carboxylic acids is 1. The third kappa shape index (κ3) is 5.50. The van der Waals surface area contributed by atoms with Crippen molar-refractivity contribution in [1.82, 2.24) is 9.88 Å². The first kappa shape index (κ1) is 22.8. The van der Waals surface area contributed by atoms with E-state index in [9.17, 15) is 23.1 Å². The molecule has 2 heterocycles. The first-order chi connectivity index (χ1) is 15.7. The van der Waals surface area contributed by atoms with Crippen molar-refractivity contribution in [2.45, 2.75) is 25.2 Å². The number of rotatable bonds is 6. The average molecular weight is 457 g/mol. The van der Waals surface area contributed by atoms with Crippen molar-refractivity contribution in [1.29, 1.82) is 0 Å². The molecule has 1 aromatic heterocycles. The van der Waals surface area contributed by atoms with Gasteiger partial charge in [-0.1, -0.05) is 6.07 Å². The van der Waals surface area contributed by atoms with Crippen molar-refractivity contribution in [3.8, 4) is 22.8 Å². The lowest BCUT2D eigenvalue weighted by atomic mass is 10.1. The number of nitrogens with two attached hydrogens (primary N) is 1. The van der Waals surface area contributed by atoms with Crippen molar-refractivity contribution in [3.63, 3.8) is 0 Å². The summed E-state index contributed by atoms with van der Waals surface area (Å²) in [7, 11) is 0. The molecule has 0 radical (unpaired) electrons. The van der Waals surface area contributed by atoms with Gasteiger partial charge in [-0.3, -0.25) is 9.69 Å². The lowest BCUT2D eigenvalue weighted by Gasteiger charge is -2.20. The summed E-state index contributed by atoms with van der Waals surface area (Å²) < 4.78 is 46.3. The topological polar surface area (TPSA) is 88.7 Å². The molecule has 0 aliphatic carbocycles. The number of aliphatic hydroxyl groups is 1. The summed E-state index contributed by atoms with van der Waals surface area (Å²) in [5.41, 5.74) is 6.09. The van der Waals surface area contributed by atoms with Crippen LogP contribution in [0.2, 0.25) is 0 Å². The fourth-order valence-corrected chi connectivity index (χ4v) is 3.80. The molecule has 1 aliphatic heterocycles. The van der Waals surface area contributed by atoms with Crippen LogP contribution in [-0.4, -0.2) is 40.1 Å². The number of amides is 1. The summed E-state index contributed by atoms with van der Waals surface area (Å²) in [6.45, 7) is 0.953. The van der Waals surface area contributed by atoms with E-state index in [-0.39, 0.29) is 23.6 Å². The van der Waals surface area contributed by atoms with E-state index in [1.54, 1.807) is 41.3 Å². The standard InChI is InChI=1S/C24H22F3N3O3/c25-24(26,27)20-9-8-19(12-16(20)13-30-11-10-17(31)14-30)33-18-6-4-15(5-7-18)21-2-1-3-22(29-21)23(28)32/h1-9,12,17,31H,10-11,13-14H2,(H2,28,32)/t17-/m0/s1. The Kier molecular flexibility index (Phi) is 6.35. The molecule has 6 nitrogen and oxygen atoms in total. The molecular weight excluding hydrogens is 435 g/mol. The molecule has 172 valence electrons. The van der Waals surface area contributed by atoms with Crippen molar-refractivity contribution in [3.05, 3.63) is 77.5 Å². The Bertz CT molecular complexity index is 1150. The normalized spacial score (nSPS) is 16.7. The largest absolute Gasteiger partial charge is 0.457 e. The van der Waals surface area contributed by atoms with Gasteiger partial charge in [0, 0.05) is 25.2 Å². The number of likely N-dealkylation sites (tertiary alicyclic amines) is 1. The number of primary amides is 1. The summed E-state index contributed by atoms with van der Waals surface area (Å²) in [5.74, 6) is 0.0878. The zero-order valence-corrected chi connectivity index (χ0v) is 17.5. The van der Waals surface area contributed by atoms with E-state index in [0.29, 0.717) is 31.0 Å². The maximum Gasteiger partial charge on any atom is 0.416 e. The summed E-state index contributed by atoms with van der Waals surface area (Å²) in [6, 6.07) is 15.4. The van der Waals surface area contributed by atoms with Crippen LogP contribution in [0.25, 0.3) is 11.3 Å². The number of halogens is 3. The quantitative estimate of drug-likeness (QED) is 0.579. The summed E-state index contributed by atoms with van der Waals surface area (Å²) in [4.78, 5) is 17.3. The van der Waals surface area contributed by atoms with Gasteiger partial charge in [-0.2, -0.15) is 13.2 Å². The van der Waals surface area contributed by atoms with Crippen molar-refractivity contribution >= 4 is 5.91 Å². The SMILES string of the molecule is NC(=O)c1cccc(-c2ccc(Oc3ccc(C(F)(F)F)c(CN4CC[C@H](O)C4)c3)cc2)n1. The van der Waals surface area contributed by atoms with E-state index in [0.717, 1.165) is 11.6 Å². The number of ether oxygens (including phenoxy) is 1.